The van der Waals surface area contributed by atoms with Crippen molar-refractivity contribution in [2.75, 3.05) is 12.4 Å². The zero-order valence-electron chi connectivity index (χ0n) is 18.6. The second-order valence-corrected chi connectivity index (χ2v) is 8.24. The lowest BCUT2D eigenvalue weighted by Gasteiger charge is -2.13. The number of halogens is 3. The Hall–Kier alpha value is -3.37. The highest BCUT2D eigenvalue weighted by atomic mass is 19.4. The van der Waals surface area contributed by atoms with Gasteiger partial charge in [-0.25, -0.2) is 4.98 Å². The molecule has 2 aromatic heterocycles. The molecule has 0 radical (unpaired) electrons. The number of carbonyl (C=O) groups excluding carboxylic acids is 1. The van der Waals surface area contributed by atoms with Crippen LogP contribution in [0.5, 0.6) is 0 Å². The lowest BCUT2D eigenvalue weighted by molar-refractivity contribution is -0.157. The standard InChI is InChI=1S/C22H24F3N5O3/c1-11(2)21(31)32-12(3)30-28-17(19(26-4)29-30)16-18(13-8-9-13)33-20(27-16)14-6-5-7-15(10-14)22(23,24)25/h5-7,10-13H,8-9H2,1-4H3,(H,26,29). The van der Waals surface area contributed by atoms with E-state index in [0.29, 0.717) is 23.0 Å². The molecule has 4 rings (SSSR count). The van der Waals surface area contributed by atoms with Crippen molar-refractivity contribution in [1.29, 1.82) is 0 Å². The fourth-order valence-electron chi connectivity index (χ4n) is 3.24. The molecule has 0 saturated heterocycles. The average Bonchev–Trinajstić information content (AvgIpc) is 3.36. The molecular weight excluding hydrogens is 439 g/mol. The Balaban J connectivity index is 1.73. The zero-order chi connectivity index (χ0) is 23.9. The van der Waals surface area contributed by atoms with Gasteiger partial charge in [0.15, 0.2) is 11.5 Å². The number of aromatic nitrogens is 4. The fourth-order valence-corrected chi connectivity index (χ4v) is 3.24. The molecule has 0 bridgehead atoms. The van der Waals surface area contributed by atoms with Gasteiger partial charge in [-0.2, -0.15) is 13.2 Å². The molecule has 1 saturated carbocycles. The number of hydrogen-bond donors (Lipinski definition) is 1. The van der Waals surface area contributed by atoms with Crippen LogP contribution in [0.1, 0.15) is 57.1 Å². The summed E-state index contributed by atoms with van der Waals surface area (Å²) in [5.74, 6) is 0.426. The van der Waals surface area contributed by atoms with Crippen molar-refractivity contribution in [1.82, 2.24) is 20.0 Å². The van der Waals surface area contributed by atoms with Crippen molar-refractivity contribution >= 4 is 11.8 Å². The molecule has 1 fully saturated rings. The number of carbonyl (C=O) groups is 1. The highest BCUT2D eigenvalue weighted by Crippen LogP contribution is 2.46. The van der Waals surface area contributed by atoms with Crippen molar-refractivity contribution < 1.29 is 27.1 Å². The van der Waals surface area contributed by atoms with Gasteiger partial charge in [-0.05, 0) is 38.0 Å². The molecule has 1 N–H and O–H groups in total. The molecule has 0 amide bonds. The minimum Gasteiger partial charge on any atom is -0.440 e. The lowest BCUT2D eigenvalue weighted by Crippen LogP contribution is -2.20. The number of oxazole rings is 1. The second kappa shape index (κ2) is 8.53. The van der Waals surface area contributed by atoms with E-state index in [0.717, 1.165) is 25.0 Å². The van der Waals surface area contributed by atoms with Crippen molar-refractivity contribution in [2.24, 2.45) is 5.92 Å². The number of esters is 1. The van der Waals surface area contributed by atoms with E-state index in [1.54, 1.807) is 27.8 Å². The van der Waals surface area contributed by atoms with Gasteiger partial charge < -0.3 is 14.5 Å². The number of nitrogens with one attached hydrogen (secondary N) is 1. The number of anilines is 1. The normalized spacial score (nSPS) is 15.0. The van der Waals surface area contributed by atoms with Crippen LogP contribution in [0.2, 0.25) is 0 Å². The van der Waals surface area contributed by atoms with Gasteiger partial charge in [-0.15, -0.1) is 15.0 Å². The van der Waals surface area contributed by atoms with Gasteiger partial charge in [0.2, 0.25) is 12.1 Å². The topological polar surface area (TPSA) is 95.1 Å². The van der Waals surface area contributed by atoms with E-state index in [-0.39, 0.29) is 29.3 Å². The summed E-state index contributed by atoms with van der Waals surface area (Å²) in [6.45, 7) is 5.09. The van der Waals surface area contributed by atoms with Crippen LogP contribution in [0.4, 0.5) is 19.0 Å². The van der Waals surface area contributed by atoms with Gasteiger partial charge in [-0.3, -0.25) is 4.79 Å². The second-order valence-electron chi connectivity index (χ2n) is 8.24. The molecule has 8 nitrogen and oxygen atoms in total. The van der Waals surface area contributed by atoms with Crippen LogP contribution in [0, 0.1) is 5.92 Å². The summed E-state index contributed by atoms with van der Waals surface area (Å²) < 4.78 is 50.8. The van der Waals surface area contributed by atoms with E-state index in [4.69, 9.17) is 9.15 Å². The molecule has 3 aromatic rings. The van der Waals surface area contributed by atoms with Crippen LogP contribution in [-0.4, -0.2) is 33.0 Å². The number of benzene rings is 1. The minimum absolute atomic E-state index is 0.0777. The Kier molecular flexibility index (Phi) is 5.89. The van der Waals surface area contributed by atoms with E-state index in [2.05, 4.69) is 20.5 Å². The molecule has 176 valence electrons. The number of nitrogens with zero attached hydrogens (tertiary/aromatic N) is 4. The number of ether oxygens (including phenoxy) is 1. The largest absolute Gasteiger partial charge is 0.440 e. The van der Waals surface area contributed by atoms with Gasteiger partial charge in [0.1, 0.15) is 11.5 Å². The zero-order valence-corrected chi connectivity index (χ0v) is 18.6. The first-order chi connectivity index (χ1) is 15.6. The molecule has 11 heteroatoms. The monoisotopic (exact) mass is 463 g/mol. The first kappa shape index (κ1) is 22.8. The Morgan fingerprint density at radius 3 is 2.55 bits per heavy atom. The van der Waals surface area contributed by atoms with Crippen LogP contribution in [0.25, 0.3) is 22.8 Å². The predicted octanol–water partition coefficient (Wildman–Crippen LogP) is 5.26. The summed E-state index contributed by atoms with van der Waals surface area (Å²) in [6.07, 6.45) is -3.47. The third kappa shape index (κ3) is 4.71. The summed E-state index contributed by atoms with van der Waals surface area (Å²) in [7, 11) is 1.66. The molecular formula is C22H24F3N5O3. The molecule has 1 atom stereocenters. The Labute approximate surface area is 188 Å². The maximum atomic E-state index is 13.2. The molecule has 0 spiro atoms. The highest BCUT2D eigenvalue weighted by molar-refractivity contribution is 5.73. The molecule has 2 heterocycles. The van der Waals surface area contributed by atoms with E-state index < -0.39 is 18.0 Å². The summed E-state index contributed by atoms with van der Waals surface area (Å²) in [5, 5.41) is 11.8. The van der Waals surface area contributed by atoms with Crippen LogP contribution >= 0.6 is 0 Å². The summed E-state index contributed by atoms with van der Waals surface area (Å²) in [4.78, 5) is 17.7. The van der Waals surface area contributed by atoms with Gasteiger partial charge in [0.05, 0.1) is 11.5 Å². The van der Waals surface area contributed by atoms with Gasteiger partial charge in [-0.1, -0.05) is 19.9 Å². The summed E-state index contributed by atoms with van der Waals surface area (Å²) >= 11 is 0. The quantitative estimate of drug-likeness (QED) is 0.478. The minimum atomic E-state index is -4.48. The first-order valence-electron chi connectivity index (χ1n) is 10.6. The van der Waals surface area contributed by atoms with Gasteiger partial charge in [0, 0.05) is 18.5 Å². The molecule has 33 heavy (non-hydrogen) atoms. The molecule has 1 aromatic carbocycles. The third-order valence-electron chi connectivity index (χ3n) is 5.21. The SMILES string of the molecule is CNc1nn(C(C)OC(=O)C(C)C)nc1-c1nc(-c2cccc(C(F)(F)F)c2)oc1C1CC1. The molecule has 1 aliphatic rings. The first-order valence-corrected chi connectivity index (χ1v) is 10.6. The summed E-state index contributed by atoms with van der Waals surface area (Å²) in [5.41, 5.74) is 0.211. The maximum absolute atomic E-state index is 13.2. The van der Waals surface area contributed by atoms with Crippen molar-refractivity contribution in [3.05, 3.63) is 35.6 Å². The molecule has 1 aliphatic carbocycles. The molecule has 1 unspecified atom stereocenters. The van der Waals surface area contributed by atoms with E-state index >= 15 is 0 Å². The Morgan fingerprint density at radius 1 is 1.21 bits per heavy atom. The van der Waals surface area contributed by atoms with Crippen LogP contribution in [0.15, 0.2) is 28.7 Å². The van der Waals surface area contributed by atoms with E-state index in [1.807, 2.05) is 0 Å². The highest BCUT2D eigenvalue weighted by Gasteiger charge is 2.35. The summed E-state index contributed by atoms with van der Waals surface area (Å²) in [6, 6.07) is 4.85. The van der Waals surface area contributed by atoms with Gasteiger partial charge >= 0.3 is 12.1 Å². The maximum Gasteiger partial charge on any atom is 0.416 e. The Bertz CT molecular complexity index is 1160. The van der Waals surface area contributed by atoms with Crippen LogP contribution in [0.3, 0.4) is 0 Å². The van der Waals surface area contributed by atoms with Crippen molar-refractivity contribution in [2.45, 2.75) is 51.9 Å². The van der Waals surface area contributed by atoms with Crippen molar-refractivity contribution in [3.63, 3.8) is 0 Å². The van der Waals surface area contributed by atoms with E-state index in [9.17, 15) is 18.0 Å². The van der Waals surface area contributed by atoms with Crippen LogP contribution < -0.4 is 5.32 Å². The smallest absolute Gasteiger partial charge is 0.416 e. The number of hydrogen-bond acceptors (Lipinski definition) is 7. The fraction of sp³-hybridized carbons (Fsp3) is 0.455. The number of alkyl halides is 3. The van der Waals surface area contributed by atoms with E-state index in [1.165, 1.54) is 16.9 Å². The lowest BCUT2D eigenvalue weighted by atomic mass is 10.1. The van der Waals surface area contributed by atoms with Gasteiger partial charge in [0.25, 0.3) is 0 Å². The molecule has 0 aliphatic heterocycles. The predicted molar refractivity (Wildman–Crippen MR) is 113 cm³/mol. The van der Waals surface area contributed by atoms with Crippen LogP contribution in [-0.2, 0) is 15.7 Å². The van der Waals surface area contributed by atoms with Crippen molar-refractivity contribution in [3.8, 4) is 22.8 Å². The third-order valence-corrected chi connectivity index (χ3v) is 5.21. The number of rotatable bonds is 7. The average molecular weight is 463 g/mol. The Morgan fingerprint density at radius 2 is 1.94 bits per heavy atom.